The molecule has 6 heteroatoms. The van der Waals surface area contributed by atoms with Gasteiger partial charge < -0.3 is 5.11 Å². The van der Waals surface area contributed by atoms with Gasteiger partial charge in [-0.05, 0) is 51.7 Å². The molecular formula is C21H22N2O3S. The van der Waals surface area contributed by atoms with Crippen molar-refractivity contribution >= 4 is 27.5 Å². The summed E-state index contributed by atoms with van der Waals surface area (Å²) < 4.78 is 1.57. The van der Waals surface area contributed by atoms with Gasteiger partial charge >= 0.3 is 5.97 Å². The van der Waals surface area contributed by atoms with Crippen molar-refractivity contribution in [3.63, 3.8) is 0 Å². The van der Waals surface area contributed by atoms with Gasteiger partial charge in [0.25, 0.3) is 5.56 Å². The number of aliphatic carboxylic acids is 1. The van der Waals surface area contributed by atoms with Gasteiger partial charge in [0.1, 0.15) is 10.7 Å². The zero-order valence-corrected chi connectivity index (χ0v) is 16.5. The van der Waals surface area contributed by atoms with Gasteiger partial charge in [0.05, 0.1) is 10.8 Å². The molecule has 27 heavy (non-hydrogen) atoms. The summed E-state index contributed by atoms with van der Waals surface area (Å²) in [6.45, 7) is 5.36. The smallest absolute Gasteiger partial charge is 0.310 e. The number of aryl methyl sites for hydroxylation is 3. The van der Waals surface area contributed by atoms with Crippen LogP contribution in [0.1, 0.15) is 36.3 Å². The molecule has 0 bridgehead atoms. The van der Waals surface area contributed by atoms with E-state index in [1.54, 1.807) is 29.8 Å². The fourth-order valence-corrected chi connectivity index (χ4v) is 4.94. The summed E-state index contributed by atoms with van der Waals surface area (Å²) >= 11 is 1.61. The molecule has 0 fully saturated rings. The molecule has 0 radical (unpaired) electrons. The molecule has 0 amide bonds. The highest BCUT2D eigenvalue weighted by atomic mass is 32.1. The molecule has 0 atom stereocenters. The zero-order valence-electron chi connectivity index (χ0n) is 15.7. The minimum atomic E-state index is -1.07. The third-order valence-corrected chi connectivity index (χ3v) is 6.42. The van der Waals surface area contributed by atoms with Crippen LogP contribution in [0.25, 0.3) is 21.6 Å². The minimum Gasteiger partial charge on any atom is -0.481 e. The van der Waals surface area contributed by atoms with Gasteiger partial charge in [-0.3, -0.25) is 14.2 Å². The molecule has 0 aliphatic heterocycles. The van der Waals surface area contributed by atoms with Crippen molar-refractivity contribution in [3.8, 4) is 11.4 Å². The lowest BCUT2D eigenvalue weighted by Crippen LogP contribution is -2.35. The second kappa shape index (κ2) is 6.30. The van der Waals surface area contributed by atoms with E-state index >= 15 is 0 Å². The Morgan fingerprint density at radius 3 is 2.81 bits per heavy atom. The highest BCUT2D eigenvalue weighted by molar-refractivity contribution is 7.18. The van der Waals surface area contributed by atoms with Crippen molar-refractivity contribution in [3.05, 3.63) is 50.6 Å². The summed E-state index contributed by atoms with van der Waals surface area (Å²) in [6, 6.07) is 7.83. The summed E-state index contributed by atoms with van der Waals surface area (Å²) in [7, 11) is 0. The maximum atomic E-state index is 13.5. The van der Waals surface area contributed by atoms with Crippen LogP contribution in [0.5, 0.6) is 0 Å². The Kier molecular flexibility index (Phi) is 4.18. The zero-order chi connectivity index (χ0) is 19.3. The van der Waals surface area contributed by atoms with Crippen LogP contribution in [0, 0.1) is 12.3 Å². The topological polar surface area (TPSA) is 72.2 Å². The van der Waals surface area contributed by atoms with Gasteiger partial charge in [-0.15, -0.1) is 11.3 Å². The van der Waals surface area contributed by atoms with Gasteiger partial charge in [0.2, 0.25) is 0 Å². The number of hydrogen-bond acceptors (Lipinski definition) is 4. The lowest BCUT2D eigenvalue weighted by atomic mass is 9.93. The third-order valence-electron chi connectivity index (χ3n) is 5.23. The minimum absolute atomic E-state index is 0.0814. The summed E-state index contributed by atoms with van der Waals surface area (Å²) in [4.78, 5) is 32.0. The SMILES string of the molecule is Cc1cccc(-c2nc3sc4c(c3c(=O)n2CC(C)(C)C(=O)O)CCC4)c1. The predicted octanol–water partition coefficient (Wildman–Crippen LogP) is 4.03. The summed E-state index contributed by atoms with van der Waals surface area (Å²) in [5.74, 6) is -0.384. The number of thiophene rings is 1. The first-order valence-electron chi connectivity index (χ1n) is 9.13. The number of fused-ring (bicyclic) bond motifs is 3. The van der Waals surface area contributed by atoms with Crippen molar-refractivity contribution in [2.45, 2.75) is 46.6 Å². The predicted molar refractivity (Wildman–Crippen MR) is 107 cm³/mol. The molecule has 3 aromatic rings. The average Bonchev–Trinajstić information content (AvgIpc) is 3.17. The largest absolute Gasteiger partial charge is 0.481 e. The first-order chi connectivity index (χ1) is 12.8. The van der Waals surface area contributed by atoms with E-state index in [9.17, 15) is 14.7 Å². The summed E-state index contributed by atoms with van der Waals surface area (Å²) in [5.41, 5.74) is 1.83. The number of nitrogens with zero attached hydrogens (tertiary/aromatic N) is 2. The van der Waals surface area contributed by atoms with Gasteiger partial charge in [-0.1, -0.05) is 23.8 Å². The van der Waals surface area contributed by atoms with Crippen molar-refractivity contribution in [1.29, 1.82) is 0 Å². The van der Waals surface area contributed by atoms with E-state index < -0.39 is 11.4 Å². The highest BCUT2D eigenvalue weighted by Gasteiger charge is 2.31. The number of carboxylic acid groups (broad SMARTS) is 1. The monoisotopic (exact) mass is 382 g/mol. The lowest BCUT2D eigenvalue weighted by Gasteiger charge is -2.22. The first kappa shape index (κ1) is 17.9. The van der Waals surface area contributed by atoms with Gasteiger partial charge in [0.15, 0.2) is 0 Å². The molecule has 2 heterocycles. The Bertz CT molecular complexity index is 1120. The van der Waals surface area contributed by atoms with Crippen LogP contribution in [-0.4, -0.2) is 20.6 Å². The maximum absolute atomic E-state index is 13.5. The molecule has 140 valence electrons. The number of aromatic nitrogens is 2. The number of carboxylic acids is 1. The Labute approximate surface area is 161 Å². The fraction of sp³-hybridized carbons (Fsp3) is 0.381. The van der Waals surface area contributed by atoms with Crippen LogP contribution < -0.4 is 5.56 Å². The first-order valence-corrected chi connectivity index (χ1v) is 9.95. The molecule has 0 saturated carbocycles. The van der Waals surface area contributed by atoms with Crippen LogP contribution in [0.3, 0.4) is 0 Å². The Balaban J connectivity index is 2.02. The van der Waals surface area contributed by atoms with Crippen LogP contribution >= 0.6 is 11.3 Å². The number of benzene rings is 1. The Morgan fingerprint density at radius 1 is 1.33 bits per heavy atom. The molecule has 2 aromatic heterocycles. The molecule has 1 aromatic carbocycles. The molecule has 1 aliphatic rings. The quantitative estimate of drug-likeness (QED) is 0.739. The standard InChI is InChI=1S/C21H22N2O3S/c1-12-6-4-7-13(10-12)17-22-18-16(14-8-5-9-15(14)27-18)19(24)23(17)11-21(2,3)20(25)26/h4,6-7,10H,5,8-9,11H2,1-3H3,(H,25,26). The summed E-state index contributed by atoms with van der Waals surface area (Å²) in [6.07, 6.45) is 2.96. The molecule has 0 spiro atoms. The molecule has 1 aliphatic carbocycles. The fourth-order valence-electron chi connectivity index (χ4n) is 3.69. The van der Waals surface area contributed by atoms with E-state index in [1.807, 2.05) is 31.2 Å². The summed E-state index contributed by atoms with van der Waals surface area (Å²) in [5, 5.41) is 10.3. The normalized spacial score (nSPS) is 13.9. The second-order valence-corrected chi connectivity index (χ2v) is 9.01. The molecule has 5 nitrogen and oxygen atoms in total. The molecule has 1 N–H and O–H groups in total. The Hall–Kier alpha value is -2.47. The van der Waals surface area contributed by atoms with Crippen LogP contribution in [0.15, 0.2) is 29.1 Å². The maximum Gasteiger partial charge on any atom is 0.310 e. The lowest BCUT2D eigenvalue weighted by molar-refractivity contribution is -0.147. The van der Waals surface area contributed by atoms with Gasteiger partial charge in [-0.25, -0.2) is 4.98 Å². The van der Waals surface area contributed by atoms with E-state index in [2.05, 4.69) is 0 Å². The van der Waals surface area contributed by atoms with Crippen LogP contribution in [0.4, 0.5) is 0 Å². The molecule has 0 saturated heterocycles. The number of carbonyl (C=O) groups is 1. The van der Waals surface area contributed by atoms with Gasteiger partial charge in [0, 0.05) is 17.0 Å². The van der Waals surface area contributed by atoms with Crippen molar-refractivity contribution in [1.82, 2.24) is 9.55 Å². The third kappa shape index (κ3) is 2.98. The van der Waals surface area contributed by atoms with E-state index in [4.69, 9.17) is 4.98 Å². The average molecular weight is 382 g/mol. The van der Waals surface area contributed by atoms with E-state index in [0.29, 0.717) is 11.2 Å². The number of hydrogen-bond donors (Lipinski definition) is 1. The molecular weight excluding hydrogens is 360 g/mol. The number of rotatable bonds is 4. The van der Waals surface area contributed by atoms with Crippen molar-refractivity contribution in [2.75, 3.05) is 0 Å². The van der Waals surface area contributed by atoms with Crippen molar-refractivity contribution in [2.24, 2.45) is 5.41 Å². The molecule has 4 rings (SSSR count). The van der Waals surface area contributed by atoms with Crippen LogP contribution in [-0.2, 0) is 24.2 Å². The van der Waals surface area contributed by atoms with Crippen LogP contribution in [0.2, 0.25) is 0 Å². The Morgan fingerprint density at radius 2 is 2.11 bits per heavy atom. The van der Waals surface area contributed by atoms with Crippen molar-refractivity contribution < 1.29 is 9.90 Å². The highest BCUT2D eigenvalue weighted by Crippen LogP contribution is 2.36. The van der Waals surface area contributed by atoms with Gasteiger partial charge in [-0.2, -0.15) is 0 Å². The van der Waals surface area contributed by atoms with E-state index in [1.165, 1.54) is 4.88 Å². The van der Waals surface area contributed by atoms with E-state index in [0.717, 1.165) is 40.8 Å². The second-order valence-electron chi connectivity index (χ2n) is 7.92. The molecule has 0 unspecified atom stereocenters. The van der Waals surface area contributed by atoms with E-state index in [-0.39, 0.29) is 12.1 Å².